The highest BCUT2D eigenvalue weighted by Crippen LogP contribution is 2.27. The van der Waals surface area contributed by atoms with Gasteiger partial charge in [0.15, 0.2) is 17.3 Å². The van der Waals surface area contributed by atoms with Crippen molar-refractivity contribution in [2.45, 2.75) is 0 Å². The van der Waals surface area contributed by atoms with Crippen LogP contribution in [0.5, 0.6) is 11.5 Å². The number of phenols is 1. The summed E-state index contributed by atoms with van der Waals surface area (Å²) in [4.78, 5) is 0. The minimum absolute atomic E-state index is 0.0614. The minimum Gasteiger partial charge on any atom is -0.504 e. The SMILES string of the molecule is COc1cc(C=Nn2c(-c3ccccc3Cl)n[nH]c2=S)ccc1O. The lowest BCUT2D eigenvalue weighted by atomic mass is 10.2. The summed E-state index contributed by atoms with van der Waals surface area (Å²) in [5.41, 5.74) is 1.45. The van der Waals surface area contributed by atoms with E-state index < -0.39 is 0 Å². The zero-order valence-corrected chi connectivity index (χ0v) is 14.2. The number of phenolic OH excluding ortho intramolecular Hbond substituents is 1. The van der Waals surface area contributed by atoms with E-state index in [0.29, 0.717) is 26.9 Å². The summed E-state index contributed by atoms with van der Waals surface area (Å²) in [7, 11) is 1.48. The van der Waals surface area contributed by atoms with E-state index in [4.69, 9.17) is 28.6 Å². The van der Waals surface area contributed by atoms with Gasteiger partial charge in [0.1, 0.15) is 0 Å². The van der Waals surface area contributed by atoms with Gasteiger partial charge in [0.2, 0.25) is 4.77 Å². The molecule has 0 aliphatic rings. The molecule has 8 heteroatoms. The number of rotatable bonds is 4. The highest BCUT2D eigenvalue weighted by Gasteiger charge is 2.11. The summed E-state index contributed by atoms with van der Waals surface area (Å²) >= 11 is 11.4. The molecule has 3 rings (SSSR count). The molecule has 0 saturated carbocycles. The van der Waals surface area contributed by atoms with Crippen molar-refractivity contribution in [3.05, 3.63) is 57.8 Å². The Morgan fingerprint density at radius 1 is 1.33 bits per heavy atom. The van der Waals surface area contributed by atoms with Crippen LogP contribution >= 0.6 is 23.8 Å². The Hall–Kier alpha value is -2.64. The van der Waals surface area contributed by atoms with Gasteiger partial charge >= 0.3 is 0 Å². The second-order valence-corrected chi connectivity index (χ2v) is 5.61. The quantitative estimate of drug-likeness (QED) is 0.547. The molecule has 6 nitrogen and oxygen atoms in total. The third kappa shape index (κ3) is 3.17. The molecule has 0 fully saturated rings. The smallest absolute Gasteiger partial charge is 0.216 e. The zero-order valence-electron chi connectivity index (χ0n) is 12.6. The van der Waals surface area contributed by atoms with Crippen LogP contribution in [0.1, 0.15) is 5.56 Å². The van der Waals surface area contributed by atoms with Crippen LogP contribution in [0, 0.1) is 4.77 Å². The first-order chi connectivity index (χ1) is 11.6. The fourth-order valence-electron chi connectivity index (χ4n) is 2.11. The van der Waals surface area contributed by atoms with Crippen molar-refractivity contribution in [2.24, 2.45) is 5.10 Å². The zero-order chi connectivity index (χ0) is 17.1. The van der Waals surface area contributed by atoms with Gasteiger partial charge in [0.25, 0.3) is 0 Å². The van der Waals surface area contributed by atoms with Gasteiger partial charge in [-0.05, 0) is 48.1 Å². The number of aromatic amines is 1. The van der Waals surface area contributed by atoms with Gasteiger partial charge in [0, 0.05) is 5.56 Å². The number of nitrogens with one attached hydrogen (secondary N) is 1. The molecule has 0 bridgehead atoms. The first kappa shape index (κ1) is 16.2. The van der Waals surface area contributed by atoms with Crippen LogP contribution in [0.4, 0.5) is 0 Å². The lowest BCUT2D eigenvalue weighted by molar-refractivity contribution is 0.373. The normalized spacial score (nSPS) is 11.1. The van der Waals surface area contributed by atoms with E-state index in [1.807, 2.05) is 18.2 Å². The molecule has 0 aliphatic heterocycles. The van der Waals surface area contributed by atoms with Crippen LogP contribution in [0.2, 0.25) is 5.02 Å². The second kappa shape index (κ2) is 6.86. The average Bonchev–Trinajstić information content (AvgIpc) is 2.95. The highest BCUT2D eigenvalue weighted by atomic mass is 35.5. The number of halogens is 1. The molecule has 2 N–H and O–H groups in total. The van der Waals surface area contributed by atoms with Crippen molar-refractivity contribution in [1.29, 1.82) is 0 Å². The van der Waals surface area contributed by atoms with Gasteiger partial charge in [-0.2, -0.15) is 14.9 Å². The molecule has 2 aromatic carbocycles. The number of ether oxygens (including phenoxy) is 1. The van der Waals surface area contributed by atoms with E-state index in [1.54, 1.807) is 24.4 Å². The number of nitrogens with zero attached hydrogens (tertiary/aromatic N) is 3. The number of aromatic hydroxyl groups is 1. The molecule has 0 aliphatic carbocycles. The molecule has 0 radical (unpaired) electrons. The molecule has 0 atom stereocenters. The van der Waals surface area contributed by atoms with Crippen LogP contribution in [-0.4, -0.2) is 33.3 Å². The van der Waals surface area contributed by atoms with Crippen molar-refractivity contribution in [1.82, 2.24) is 14.9 Å². The summed E-state index contributed by atoms with van der Waals surface area (Å²) in [5, 5.41) is 21.4. The maximum atomic E-state index is 9.63. The molecule has 1 aromatic heterocycles. The Balaban J connectivity index is 2.01. The molecule has 1 heterocycles. The van der Waals surface area contributed by atoms with Gasteiger partial charge in [0.05, 0.1) is 18.3 Å². The number of hydrogen-bond donors (Lipinski definition) is 2. The standard InChI is InChI=1S/C16H13ClN4O2S/c1-23-14-8-10(6-7-13(14)22)9-18-21-15(19-20-16(21)24)11-4-2-3-5-12(11)17/h2-9,22H,1H3,(H,20,24). The van der Waals surface area contributed by atoms with Crippen LogP contribution in [0.15, 0.2) is 47.6 Å². The Bertz CT molecular complexity index is 965. The predicted octanol–water partition coefficient (Wildman–Crippen LogP) is 3.86. The van der Waals surface area contributed by atoms with Crippen LogP contribution in [0.3, 0.4) is 0 Å². The minimum atomic E-state index is 0.0614. The summed E-state index contributed by atoms with van der Waals surface area (Å²) in [6.07, 6.45) is 1.59. The summed E-state index contributed by atoms with van der Waals surface area (Å²) in [5.74, 6) is 0.931. The van der Waals surface area contributed by atoms with Crippen LogP contribution in [0.25, 0.3) is 11.4 Å². The topological polar surface area (TPSA) is 75.4 Å². The second-order valence-electron chi connectivity index (χ2n) is 4.82. The Morgan fingerprint density at radius 2 is 2.12 bits per heavy atom. The van der Waals surface area contributed by atoms with E-state index in [0.717, 1.165) is 5.56 Å². The molecule has 0 amide bonds. The average molecular weight is 361 g/mol. The van der Waals surface area contributed by atoms with Gasteiger partial charge in [-0.15, -0.1) is 0 Å². The summed E-state index contributed by atoms with van der Waals surface area (Å²) < 4.78 is 6.90. The fourth-order valence-corrected chi connectivity index (χ4v) is 2.51. The van der Waals surface area contributed by atoms with Crippen molar-refractivity contribution in [3.8, 4) is 22.9 Å². The Labute approximate surface area is 148 Å². The maximum Gasteiger partial charge on any atom is 0.216 e. The van der Waals surface area contributed by atoms with E-state index in [9.17, 15) is 5.11 Å². The Kier molecular flexibility index (Phi) is 4.64. The summed E-state index contributed by atoms with van der Waals surface area (Å²) in [6, 6.07) is 12.2. The van der Waals surface area contributed by atoms with Gasteiger partial charge < -0.3 is 9.84 Å². The fraction of sp³-hybridized carbons (Fsp3) is 0.0625. The van der Waals surface area contributed by atoms with Crippen LogP contribution in [-0.2, 0) is 0 Å². The molecular formula is C16H13ClN4O2S. The first-order valence-electron chi connectivity index (χ1n) is 6.94. The predicted molar refractivity (Wildman–Crippen MR) is 95.5 cm³/mol. The van der Waals surface area contributed by atoms with Crippen molar-refractivity contribution in [3.63, 3.8) is 0 Å². The highest BCUT2D eigenvalue weighted by molar-refractivity contribution is 7.71. The monoisotopic (exact) mass is 360 g/mol. The van der Waals surface area contributed by atoms with E-state index in [-0.39, 0.29) is 5.75 Å². The van der Waals surface area contributed by atoms with Gasteiger partial charge in [-0.3, -0.25) is 0 Å². The third-order valence-corrected chi connectivity index (χ3v) is 3.89. The van der Waals surface area contributed by atoms with Crippen molar-refractivity contribution >= 4 is 30.0 Å². The van der Waals surface area contributed by atoms with Crippen LogP contribution < -0.4 is 4.74 Å². The van der Waals surface area contributed by atoms with Gasteiger partial charge in [-0.25, -0.2) is 5.10 Å². The molecular weight excluding hydrogens is 348 g/mol. The largest absolute Gasteiger partial charge is 0.504 e. The van der Waals surface area contributed by atoms with Gasteiger partial charge in [-0.1, -0.05) is 23.7 Å². The Morgan fingerprint density at radius 3 is 2.88 bits per heavy atom. The summed E-state index contributed by atoms with van der Waals surface area (Å²) in [6.45, 7) is 0. The molecule has 0 saturated heterocycles. The van der Waals surface area contributed by atoms with Crippen molar-refractivity contribution < 1.29 is 9.84 Å². The maximum absolute atomic E-state index is 9.63. The molecule has 122 valence electrons. The van der Waals surface area contributed by atoms with Crippen molar-refractivity contribution in [2.75, 3.05) is 7.11 Å². The number of aromatic nitrogens is 3. The van der Waals surface area contributed by atoms with E-state index in [2.05, 4.69) is 15.3 Å². The molecule has 24 heavy (non-hydrogen) atoms. The molecule has 0 spiro atoms. The number of methoxy groups -OCH3 is 1. The number of hydrogen-bond acceptors (Lipinski definition) is 5. The lowest BCUT2D eigenvalue weighted by Gasteiger charge is -2.04. The lowest BCUT2D eigenvalue weighted by Crippen LogP contribution is -1.96. The molecule has 3 aromatic rings. The van der Waals surface area contributed by atoms with E-state index >= 15 is 0 Å². The number of H-pyrrole nitrogens is 1. The third-order valence-electron chi connectivity index (χ3n) is 3.29. The molecule has 0 unspecified atom stereocenters. The van der Waals surface area contributed by atoms with E-state index in [1.165, 1.54) is 17.9 Å². The number of benzene rings is 2. The first-order valence-corrected chi connectivity index (χ1v) is 7.72.